The van der Waals surface area contributed by atoms with E-state index < -0.39 is 23.2 Å². The second-order valence-electron chi connectivity index (χ2n) is 9.10. The molecule has 0 spiro atoms. The molecule has 2 N–H and O–H groups in total. The van der Waals surface area contributed by atoms with Crippen molar-refractivity contribution >= 4 is 17.9 Å². The molecule has 3 aromatic rings. The number of pyridine rings is 1. The molecule has 1 saturated heterocycles. The molecule has 3 heterocycles. The molecule has 1 aliphatic heterocycles. The first-order chi connectivity index (χ1) is 17.0. The summed E-state index contributed by atoms with van der Waals surface area (Å²) in [6.45, 7) is 1.74. The van der Waals surface area contributed by atoms with Gasteiger partial charge in [-0.3, -0.25) is 9.78 Å². The summed E-state index contributed by atoms with van der Waals surface area (Å²) in [4.78, 5) is 17.5. The number of alkyl halides is 1. The second-order valence-corrected chi connectivity index (χ2v) is 9.10. The van der Waals surface area contributed by atoms with Gasteiger partial charge in [-0.15, -0.1) is 10.2 Å². The van der Waals surface area contributed by atoms with Gasteiger partial charge in [-0.1, -0.05) is 0 Å². The van der Waals surface area contributed by atoms with Gasteiger partial charge >= 0.3 is 0 Å². The maximum atomic E-state index is 14.6. The Morgan fingerprint density at radius 1 is 1.14 bits per heavy atom. The summed E-state index contributed by atoms with van der Waals surface area (Å²) in [5, 5.41) is 14.6. The highest BCUT2D eigenvalue weighted by atomic mass is 19.1. The van der Waals surface area contributed by atoms with Gasteiger partial charge in [0.2, 0.25) is 6.41 Å². The quantitative estimate of drug-likeness (QED) is 0.478. The zero-order valence-corrected chi connectivity index (χ0v) is 18.9. The molecule has 0 radical (unpaired) electrons. The van der Waals surface area contributed by atoms with Crippen molar-refractivity contribution in [2.75, 3.05) is 29.9 Å². The highest BCUT2D eigenvalue weighted by Crippen LogP contribution is 2.45. The van der Waals surface area contributed by atoms with Crippen LogP contribution in [0.4, 0.5) is 24.7 Å². The van der Waals surface area contributed by atoms with Crippen molar-refractivity contribution in [3.05, 3.63) is 66.0 Å². The Morgan fingerprint density at radius 2 is 2.00 bits per heavy atom. The molecule has 2 aliphatic rings. The van der Waals surface area contributed by atoms with E-state index in [1.165, 1.54) is 24.4 Å². The summed E-state index contributed by atoms with van der Waals surface area (Å²) < 4.78 is 42.8. The molecule has 5 rings (SSSR count). The maximum Gasteiger partial charge on any atom is 0.214 e. The molecule has 2 fully saturated rings. The van der Waals surface area contributed by atoms with Crippen LogP contribution in [0.2, 0.25) is 0 Å². The first kappa shape index (κ1) is 23.2. The lowest BCUT2D eigenvalue weighted by molar-refractivity contribution is -0.107. The molecule has 182 valence electrons. The molecule has 1 aromatic carbocycles. The third-order valence-corrected chi connectivity index (χ3v) is 6.82. The van der Waals surface area contributed by atoms with Gasteiger partial charge in [-0.05, 0) is 68.3 Å². The first-order valence-corrected chi connectivity index (χ1v) is 11.6. The maximum absolute atomic E-state index is 14.6. The Morgan fingerprint density at radius 3 is 2.66 bits per heavy atom. The minimum absolute atomic E-state index is 0.00940. The zero-order valence-electron chi connectivity index (χ0n) is 18.9. The van der Waals surface area contributed by atoms with Crippen LogP contribution in [0.1, 0.15) is 25.0 Å². The number of amides is 1. The number of rotatable bonds is 8. The van der Waals surface area contributed by atoms with Crippen LogP contribution in [0.25, 0.3) is 11.3 Å². The number of nitrogens with zero attached hydrogens (tertiary/aromatic N) is 4. The van der Waals surface area contributed by atoms with Crippen molar-refractivity contribution in [3.63, 3.8) is 0 Å². The van der Waals surface area contributed by atoms with E-state index in [9.17, 15) is 18.0 Å². The van der Waals surface area contributed by atoms with Crippen LogP contribution >= 0.6 is 0 Å². The average molecular weight is 483 g/mol. The van der Waals surface area contributed by atoms with Gasteiger partial charge in [0.05, 0.1) is 17.4 Å². The van der Waals surface area contributed by atoms with Crippen molar-refractivity contribution in [3.8, 4) is 11.3 Å². The van der Waals surface area contributed by atoms with E-state index in [0.29, 0.717) is 23.7 Å². The van der Waals surface area contributed by atoms with Crippen LogP contribution in [0.5, 0.6) is 0 Å². The van der Waals surface area contributed by atoms with Crippen LogP contribution in [0, 0.1) is 11.6 Å². The number of anilines is 2. The summed E-state index contributed by atoms with van der Waals surface area (Å²) in [5.74, 6) is -0.544. The molecule has 10 heteroatoms. The van der Waals surface area contributed by atoms with Crippen molar-refractivity contribution in [1.29, 1.82) is 0 Å². The fourth-order valence-electron chi connectivity index (χ4n) is 4.92. The number of halogens is 3. The summed E-state index contributed by atoms with van der Waals surface area (Å²) >= 11 is 0. The third-order valence-electron chi connectivity index (χ3n) is 6.82. The van der Waals surface area contributed by atoms with Gasteiger partial charge < -0.3 is 15.5 Å². The summed E-state index contributed by atoms with van der Waals surface area (Å²) in [6, 6.07) is 10.6. The van der Waals surface area contributed by atoms with Crippen molar-refractivity contribution in [2.45, 2.75) is 36.9 Å². The smallest absolute Gasteiger partial charge is 0.214 e. The predicted octanol–water partition coefficient (Wildman–Crippen LogP) is 3.62. The molecular weight excluding hydrogens is 457 g/mol. The Balaban J connectivity index is 1.33. The molecule has 1 aliphatic carbocycles. The second kappa shape index (κ2) is 9.61. The largest absolute Gasteiger partial charge is 0.368 e. The highest BCUT2D eigenvalue weighted by molar-refractivity contribution is 5.79. The van der Waals surface area contributed by atoms with Gasteiger partial charge in [0, 0.05) is 36.0 Å². The number of hydrogen-bond donors (Lipinski definition) is 2. The number of hydrogen-bond acceptors (Lipinski definition) is 6. The van der Waals surface area contributed by atoms with E-state index in [1.807, 2.05) is 0 Å². The van der Waals surface area contributed by atoms with Crippen LogP contribution in [-0.2, 0) is 10.2 Å². The summed E-state index contributed by atoms with van der Waals surface area (Å²) in [6.07, 6.45) is 2.41. The topological polar surface area (TPSA) is 83.0 Å². The number of carbonyl (C=O) groups is 1. The molecule has 0 unspecified atom stereocenters. The van der Waals surface area contributed by atoms with Crippen LogP contribution in [0.3, 0.4) is 0 Å². The van der Waals surface area contributed by atoms with Gasteiger partial charge in [-0.2, -0.15) is 0 Å². The number of carbonyl (C=O) groups excluding carboxylic acids is 1. The molecule has 1 amide bonds. The minimum atomic E-state index is -1.01. The monoisotopic (exact) mass is 482 g/mol. The number of aromatic nitrogens is 3. The van der Waals surface area contributed by atoms with Crippen molar-refractivity contribution in [1.82, 2.24) is 20.5 Å². The van der Waals surface area contributed by atoms with Crippen LogP contribution in [0.15, 0.2) is 48.7 Å². The number of benzene rings is 1. The van der Waals surface area contributed by atoms with E-state index in [1.54, 1.807) is 29.2 Å². The number of nitrogens with one attached hydrogen (secondary N) is 2. The normalized spacial score (nSPS) is 23.5. The van der Waals surface area contributed by atoms with Crippen LogP contribution in [-0.4, -0.2) is 53.4 Å². The molecular formula is C25H25F3N6O. The van der Waals surface area contributed by atoms with Crippen LogP contribution < -0.4 is 15.5 Å². The highest BCUT2D eigenvalue weighted by Gasteiger charge is 2.48. The Bertz CT molecular complexity index is 1200. The predicted molar refractivity (Wildman–Crippen MR) is 126 cm³/mol. The van der Waals surface area contributed by atoms with E-state index >= 15 is 0 Å². The van der Waals surface area contributed by atoms with E-state index in [2.05, 4.69) is 25.8 Å². The Labute approximate surface area is 200 Å². The SMILES string of the molecule is O=CN(c1ccc(F)c(-c2ccc(NCC3(c4ncccc4F)CC(F)C3)nn2)c1)[C@H]1CCNC1. The molecule has 0 bridgehead atoms. The third kappa shape index (κ3) is 4.58. The lowest BCUT2D eigenvalue weighted by Crippen LogP contribution is -2.49. The minimum Gasteiger partial charge on any atom is -0.368 e. The van der Waals surface area contributed by atoms with E-state index in [0.717, 1.165) is 19.4 Å². The zero-order chi connectivity index (χ0) is 24.4. The first-order valence-electron chi connectivity index (χ1n) is 11.6. The van der Waals surface area contributed by atoms with Gasteiger partial charge in [0.1, 0.15) is 23.6 Å². The molecule has 1 atom stereocenters. The van der Waals surface area contributed by atoms with Gasteiger partial charge in [-0.25, -0.2) is 13.2 Å². The Hall–Kier alpha value is -3.53. The van der Waals surface area contributed by atoms with E-state index in [-0.39, 0.29) is 36.7 Å². The lowest BCUT2D eigenvalue weighted by atomic mass is 9.65. The van der Waals surface area contributed by atoms with Crippen molar-refractivity contribution in [2.24, 2.45) is 0 Å². The summed E-state index contributed by atoms with van der Waals surface area (Å²) in [7, 11) is 0. The average Bonchev–Trinajstić information content (AvgIpc) is 3.38. The molecule has 35 heavy (non-hydrogen) atoms. The van der Waals surface area contributed by atoms with Gasteiger partial charge in [0.15, 0.2) is 0 Å². The molecule has 1 saturated carbocycles. The standard InChI is InChI=1S/C25H25F3N6O/c26-16-11-25(12-16,24-21(28)2-1-8-30-24)14-31-23-6-5-22(32-33-23)19-10-17(3-4-20(19)27)34(15-35)18-7-9-29-13-18/h1-6,8,10,15-16,18,29H,7,9,11-14H2,(H,31,33)/t16?,18-,25?/m0/s1. The Kier molecular flexibility index (Phi) is 6.38. The lowest BCUT2D eigenvalue weighted by Gasteiger charge is -2.44. The fourth-order valence-corrected chi connectivity index (χ4v) is 4.92. The molecule has 2 aromatic heterocycles. The van der Waals surface area contributed by atoms with Gasteiger partial charge in [0.25, 0.3) is 0 Å². The van der Waals surface area contributed by atoms with E-state index in [4.69, 9.17) is 0 Å². The van der Waals surface area contributed by atoms with Crippen molar-refractivity contribution < 1.29 is 18.0 Å². The molecule has 7 nitrogen and oxygen atoms in total. The summed E-state index contributed by atoms with van der Waals surface area (Å²) in [5.41, 5.74) is 0.592. The fraction of sp³-hybridized carbons (Fsp3) is 0.360.